The fourth-order valence-electron chi connectivity index (χ4n) is 2.42. The Morgan fingerprint density at radius 3 is 2.48 bits per heavy atom. The molecule has 1 aliphatic rings. The molecule has 106 valence electrons. The fraction of sp³-hybridized carbons (Fsp3) is 0.125. The van der Waals surface area contributed by atoms with Gasteiger partial charge in [-0.15, -0.1) is 0 Å². The molecular weight excluding hydrogens is 330 g/mol. The van der Waals surface area contributed by atoms with Crippen LogP contribution in [0.4, 0.5) is 5.69 Å². The quantitative estimate of drug-likeness (QED) is 0.852. The topological polar surface area (TPSA) is 44.7 Å². The third-order valence-electron chi connectivity index (χ3n) is 3.49. The van der Waals surface area contributed by atoms with Crippen LogP contribution in [0.5, 0.6) is 0 Å². The Morgan fingerprint density at radius 1 is 1.10 bits per heavy atom. The van der Waals surface area contributed by atoms with Crippen LogP contribution < -0.4 is 9.24 Å². The summed E-state index contributed by atoms with van der Waals surface area (Å²) in [6, 6.07) is 17.7. The number of aliphatic imine (C=N–C) groups is 1. The van der Waals surface area contributed by atoms with Gasteiger partial charge in [0, 0.05) is 34.3 Å². The summed E-state index contributed by atoms with van der Waals surface area (Å²) in [6.45, 7) is 0. The van der Waals surface area contributed by atoms with Crippen molar-refractivity contribution >= 4 is 33.5 Å². The normalized spacial score (nSPS) is 18.0. The molecule has 0 aliphatic carbocycles. The van der Waals surface area contributed by atoms with E-state index in [-0.39, 0.29) is 5.91 Å². The standard InChI is InChI=1S/C16H14BrN3O/c1-20-13-10-6-5-9-12(13)14(11-7-3-2-4-8-11)18-15(19-17)16(20)21/h2-10,15,19H,1H3. The maximum absolute atomic E-state index is 12.4. The van der Waals surface area contributed by atoms with Crippen LogP contribution in [0.15, 0.2) is 59.6 Å². The highest BCUT2D eigenvalue weighted by atomic mass is 79.9. The molecule has 1 unspecified atom stereocenters. The van der Waals surface area contributed by atoms with Gasteiger partial charge in [0.1, 0.15) is 0 Å². The molecule has 3 rings (SSSR count). The smallest absolute Gasteiger partial charge is 0.267 e. The molecule has 1 N–H and O–H groups in total. The summed E-state index contributed by atoms with van der Waals surface area (Å²) in [6.07, 6.45) is -0.655. The van der Waals surface area contributed by atoms with E-state index >= 15 is 0 Å². The van der Waals surface area contributed by atoms with Crippen molar-refractivity contribution in [3.05, 3.63) is 65.7 Å². The maximum atomic E-state index is 12.4. The summed E-state index contributed by atoms with van der Waals surface area (Å²) in [4.78, 5) is 18.7. The number of carbonyl (C=O) groups excluding carboxylic acids is 1. The lowest BCUT2D eigenvalue weighted by molar-refractivity contribution is -0.119. The number of anilines is 1. The maximum Gasteiger partial charge on any atom is 0.267 e. The number of rotatable bonds is 2. The van der Waals surface area contributed by atoms with Crippen LogP contribution in [0.3, 0.4) is 0 Å². The van der Waals surface area contributed by atoms with Crippen molar-refractivity contribution in [1.82, 2.24) is 4.34 Å². The summed E-state index contributed by atoms with van der Waals surface area (Å²) in [7, 11) is 1.77. The molecule has 0 bridgehead atoms. The first-order valence-electron chi connectivity index (χ1n) is 6.58. The van der Waals surface area contributed by atoms with Crippen molar-refractivity contribution in [2.24, 2.45) is 4.99 Å². The van der Waals surface area contributed by atoms with E-state index in [1.165, 1.54) is 0 Å². The first-order chi connectivity index (χ1) is 10.2. The van der Waals surface area contributed by atoms with Crippen LogP contribution in [0, 0.1) is 0 Å². The Kier molecular flexibility index (Phi) is 3.86. The number of carbonyl (C=O) groups is 1. The van der Waals surface area contributed by atoms with Crippen LogP contribution in [0.25, 0.3) is 0 Å². The minimum Gasteiger partial charge on any atom is -0.312 e. The lowest BCUT2D eigenvalue weighted by atomic mass is 10.0. The molecule has 0 radical (unpaired) electrons. The molecule has 1 heterocycles. The van der Waals surface area contributed by atoms with Crippen molar-refractivity contribution in [2.75, 3.05) is 11.9 Å². The molecule has 2 aromatic rings. The van der Waals surface area contributed by atoms with Crippen LogP contribution in [-0.2, 0) is 4.79 Å². The van der Waals surface area contributed by atoms with Crippen LogP contribution in [-0.4, -0.2) is 24.8 Å². The monoisotopic (exact) mass is 343 g/mol. The molecule has 5 heteroatoms. The number of hydrogen-bond acceptors (Lipinski definition) is 3. The number of para-hydroxylation sites is 1. The largest absolute Gasteiger partial charge is 0.312 e. The minimum absolute atomic E-state index is 0.106. The number of halogens is 1. The SMILES string of the molecule is CN1C(=O)C(NBr)N=C(c2ccccc2)c2ccccc21. The van der Waals surface area contributed by atoms with E-state index in [4.69, 9.17) is 0 Å². The van der Waals surface area contributed by atoms with E-state index in [0.29, 0.717) is 0 Å². The van der Waals surface area contributed by atoms with Gasteiger partial charge in [-0.25, -0.2) is 4.34 Å². The van der Waals surface area contributed by atoms with Crippen LogP contribution in [0.2, 0.25) is 0 Å². The molecule has 0 saturated heterocycles. The zero-order chi connectivity index (χ0) is 14.8. The Balaban J connectivity index is 2.24. The third-order valence-corrected chi connectivity index (χ3v) is 3.93. The van der Waals surface area contributed by atoms with Crippen molar-refractivity contribution in [3.63, 3.8) is 0 Å². The molecular formula is C16H14BrN3O. The van der Waals surface area contributed by atoms with Gasteiger partial charge in [0.25, 0.3) is 5.91 Å². The van der Waals surface area contributed by atoms with Crippen molar-refractivity contribution in [2.45, 2.75) is 6.17 Å². The average molecular weight is 344 g/mol. The summed E-state index contributed by atoms with van der Waals surface area (Å²) in [5.74, 6) is -0.106. The molecule has 21 heavy (non-hydrogen) atoms. The molecule has 1 aliphatic heterocycles. The van der Waals surface area contributed by atoms with E-state index in [2.05, 4.69) is 25.5 Å². The zero-order valence-electron chi connectivity index (χ0n) is 11.5. The van der Waals surface area contributed by atoms with E-state index < -0.39 is 6.17 Å². The number of fused-ring (bicyclic) bond motifs is 1. The molecule has 0 saturated carbocycles. The molecule has 4 nitrogen and oxygen atoms in total. The van der Waals surface area contributed by atoms with Crippen LogP contribution in [0.1, 0.15) is 11.1 Å². The Bertz CT molecular complexity index is 700. The highest BCUT2D eigenvalue weighted by Gasteiger charge is 2.28. The number of nitrogens with one attached hydrogen (secondary N) is 1. The first kappa shape index (κ1) is 14.0. The average Bonchev–Trinajstić information content (AvgIpc) is 2.65. The number of benzodiazepines with no additional fused rings is 1. The van der Waals surface area contributed by atoms with Gasteiger partial charge in [0.05, 0.1) is 11.4 Å². The van der Waals surface area contributed by atoms with Gasteiger partial charge < -0.3 is 4.90 Å². The zero-order valence-corrected chi connectivity index (χ0v) is 13.0. The number of hydrogen-bond donors (Lipinski definition) is 1. The highest BCUT2D eigenvalue weighted by Crippen LogP contribution is 2.27. The second-order valence-electron chi connectivity index (χ2n) is 4.77. The van der Waals surface area contributed by atoms with Gasteiger partial charge in [-0.3, -0.25) is 9.79 Å². The molecule has 0 aromatic heterocycles. The van der Waals surface area contributed by atoms with E-state index in [1.54, 1.807) is 11.9 Å². The molecule has 1 atom stereocenters. The van der Waals surface area contributed by atoms with Crippen LogP contribution >= 0.6 is 16.1 Å². The number of likely N-dealkylation sites (N-methyl/N-ethyl adjacent to an activating group) is 1. The van der Waals surface area contributed by atoms with Crippen molar-refractivity contribution in [3.8, 4) is 0 Å². The molecule has 2 aromatic carbocycles. The van der Waals surface area contributed by atoms with Gasteiger partial charge in [0.15, 0.2) is 6.17 Å². The summed E-state index contributed by atoms with van der Waals surface area (Å²) in [5, 5.41) is 0. The summed E-state index contributed by atoms with van der Waals surface area (Å²) in [5.41, 5.74) is 3.60. The molecule has 0 spiro atoms. The van der Waals surface area contributed by atoms with Gasteiger partial charge >= 0.3 is 0 Å². The predicted molar refractivity (Wildman–Crippen MR) is 87.8 cm³/mol. The molecule has 1 amide bonds. The second-order valence-corrected chi connectivity index (χ2v) is 5.23. The lowest BCUT2D eigenvalue weighted by Gasteiger charge is -2.19. The molecule has 0 fully saturated rings. The number of amides is 1. The van der Waals surface area contributed by atoms with Crippen molar-refractivity contribution < 1.29 is 4.79 Å². The minimum atomic E-state index is -0.655. The Morgan fingerprint density at radius 2 is 1.76 bits per heavy atom. The highest BCUT2D eigenvalue weighted by molar-refractivity contribution is 9.08. The number of benzene rings is 2. The van der Waals surface area contributed by atoms with E-state index in [0.717, 1.165) is 22.5 Å². The Labute approximate surface area is 131 Å². The second kappa shape index (κ2) is 5.79. The van der Waals surface area contributed by atoms with Gasteiger partial charge in [-0.2, -0.15) is 0 Å². The van der Waals surface area contributed by atoms with E-state index in [9.17, 15) is 4.79 Å². The predicted octanol–water partition coefficient (Wildman–Crippen LogP) is 2.73. The van der Waals surface area contributed by atoms with Gasteiger partial charge in [-0.1, -0.05) is 48.5 Å². The third kappa shape index (κ3) is 2.50. The van der Waals surface area contributed by atoms with Crippen molar-refractivity contribution in [1.29, 1.82) is 0 Å². The number of nitrogens with zero attached hydrogens (tertiary/aromatic N) is 2. The van der Waals surface area contributed by atoms with Gasteiger partial charge in [0.2, 0.25) is 0 Å². The van der Waals surface area contributed by atoms with Gasteiger partial charge in [-0.05, 0) is 6.07 Å². The summed E-state index contributed by atoms with van der Waals surface area (Å²) >= 11 is 3.15. The Hall–Kier alpha value is -1.98. The fourth-order valence-corrected chi connectivity index (χ4v) is 2.72. The summed E-state index contributed by atoms with van der Waals surface area (Å²) < 4.78 is 2.79. The van der Waals surface area contributed by atoms with E-state index in [1.807, 2.05) is 54.6 Å². The lowest BCUT2D eigenvalue weighted by Crippen LogP contribution is -2.39. The first-order valence-corrected chi connectivity index (χ1v) is 7.38.